The second kappa shape index (κ2) is 46.4. The van der Waals surface area contributed by atoms with Crippen molar-refractivity contribution in [3.8, 4) is 0 Å². The van der Waals surface area contributed by atoms with E-state index in [1.165, 1.54) is 103 Å². The predicted octanol–water partition coefficient (Wildman–Crippen LogP) is 15.9. The van der Waals surface area contributed by atoms with Crippen molar-refractivity contribution < 1.29 is 37.3 Å². The summed E-state index contributed by atoms with van der Waals surface area (Å²) in [5, 5.41) is 3.03. The van der Waals surface area contributed by atoms with Crippen molar-refractivity contribution >= 4 is 19.7 Å². The summed E-state index contributed by atoms with van der Waals surface area (Å²) in [7, 11) is 1.47. The molecule has 9 nitrogen and oxygen atoms in total. The first-order valence-electron chi connectivity index (χ1n) is 27.1. The number of hydrogen-bond acceptors (Lipinski definition) is 6. The molecule has 0 saturated heterocycles. The lowest BCUT2D eigenvalue weighted by Crippen LogP contribution is -2.47. The second-order valence-electron chi connectivity index (χ2n) is 19.4. The Balaban J connectivity index is 5.48. The number of amides is 1. The fraction of sp³-hybridized carbons (Fsp3) is 0.786. The van der Waals surface area contributed by atoms with E-state index in [0.717, 1.165) is 89.9 Å². The molecule has 0 aliphatic heterocycles. The van der Waals surface area contributed by atoms with Crippen LogP contribution in [0.2, 0.25) is 0 Å². The van der Waals surface area contributed by atoms with Crippen molar-refractivity contribution in [2.75, 3.05) is 40.9 Å². The number of unbranched alkanes of at least 4 members (excludes halogenated alkanes) is 26. The lowest BCUT2D eigenvalue weighted by molar-refractivity contribution is -0.870. The molecule has 1 amide bonds. The van der Waals surface area contributed by atoms with Gasteiger partial charge in [-0.25, -0.2) is 4.57 Å². The minimum Gasteiger partial charge on any atom is -0.456 e. The summed E-state index contributed by atoms with van der Waals surface area (Å²) < 4.78 is 30.5. The number of phosphoric ester groups is 1. The zero-order valence-electron chi connectivity index (χ0n) is 43.7. The van der Waals surface area contributed by atoms with E-state index in [-0.39, 0.29) is 31.5 Å². The third kappa shape index (κ3) is 46.8. The summed E-state index contributed by atoms with van der Waals surface area (Å²) in [6, 6.07) is -0.863. The highest BCUT2D eigenvalue weighted by Crippen LogP contribution is 2.43. The van der Waals surface area contributed by atoms with Gasteiger partial charge in [-0.3, -0.25) is 18.6 Å². The Bertz CT molecular complexity index is 1320. The van der Waals surface area contributed by atoms with Gasteiger partial charge in [-0.1, -0.05) is 204 Å². The summed E-state index contributed by atoms with van der Waals surface area (Å²) in [6.07, 6.45) is 56.4. The number of hydrogen-bond donors (Lipinski definition) is 2. The Labute approximate surface area is 407 Å². The van der Waals surface area contributed by atoms with E-state index >= 15 is 0 Å². The molecule has 3 atom stereocenters. The lowest BCUT2D eigenvalue weighted by atomic mass is 10.0. The fourth-order valence-electron chi connectivity index (χ4n) is 7.52. The van der Waals surface area contributed by atoms with Crippen LogP contribution in [0.1, 0.15) is 233 Å². The topological polar surface area (TPSA) is 111 Å². The van der Waals surface area contributed by atoms with Crippen molar-refractivity contribution in [2.45, 2.75) is 245 Å². The highest BCUT2D eigenvalue weighted by Gasteiger charge is 2.30. The van der Waals surface area contributed by atoms with Crippen LogP contribution in [-0.2, 0) is 27.9 Å². The van der Waals surface area contributed by atoms with E-state index in [4.69, 9.17) is 13.8 Å². The number of allylic oxidation sites excluding steroid dienone is 9. The number of phosphoric acid groups is 1. The van der Waals surface area contributed by atoms with Gasteiger partial charge in [-0.2, -0.15) is 0 Å². The van der Waals surface area contributed by atoms with Crippen LogP contribution in [0.3, 0.4) is 0 Å². The van der Waals surface area contributed by atoms with Crippen LogP contribution in [0.5, 0.6) is 0 Å². The Morgan fingerprint density at radius 2 is 0.985 bits per heavy atom. The summed E-state index contributed by atoms with van der Waals surface area (Å²) in [6.45, 7) is 6.84. The number of rotatable bonds is 48. The molecular formula is C56H104N2O7P+. The van der Waals surface area contributed by atoms with E-state index in [0.29, 0.717) is 23.9 Å². The molecule has 0 saturated carbocycles. The van der Waals surface area contributed by atoms with Gasteiger partial charge in [-0.05, 0) is 76.7 Å². The number of carbonyl (C=O) groups excluding carboxylic acids is 2. The molecular weight excluding hydrogens is 844 g/mol. The molecule has 0 aromatic carbocycles. The Morgan fingerprint density at radius 3 is 1.50 bits per heavy atom. The third-order valence-electron chi connectivity index (χ3n) is 11.8. The number of nitrogens with zero attached hydrogens (tertiary/aromatic N) is 1. The maximum atomic E-state index is 13.4. The van der Waals surface area contributed by atoms with Gasteiger partial charge in [0.1, 0.15) is 19.3 Å². The fourth-order valence-corrected chi connectivity index (χ4v) is 8.26. The van der Waals surface area contributed by atoms with Gasteiger partial charge >= 0.3 is 13.8 Å². The van der Waals surface area contributed by atoms with Gasteiger partial charge in [0.25, 0.3) is 0 Å². The van der Waals surface area contributed by atoms with E-state index in [2.05, 4.69) is 74.7 Å². The molecule has 0 rings (SSSR count). The molecule has 0 radical (unpaired) electrons. The Hall–Kier alpha value is -2.29. The molecule has 3 unspecified atom stereocenters. The molecule has 0 heterocycles. The summed E-state index contributed by atoms with van der Waals surface area (Å²) in [5.41, 5.74) is 0. The molecule has 0 aromatic rings. The van der Waals surface area contributed by atoms with E-state index in [9.17, 15) is 19.0 Å². The number of likely N-dealkylation sites (N-methyl/N-ethyl adjacent to an activating group) is 1. The van der Waals surface area contributed by atoms with Crippen molar-refractivity contribution in [3.63, 3.8) is 0 Å². The van der Waals surface area contributed by atoms with Gasteiger partial charge in [0.05, 0.1) is 33.8 Å². The van der Waals surface area contributed by atoms with Gasteiger partial charge in [0, 0.05) is 12.8 Å². The van der Waals surface area contributed by atoms with Gasteiger partial charge in [0.15, 0.2) is 0 Å². The first-order valence-corrected chi connectivity index (χ1v) is 28.6. The minimum atomic E-state index is -4.45. The zero-order valence-corrected chi connectivity index (χ0v) is 44.6. The second-order valence-corrected chi connectivity index (χ2v) is 20.9. The molecule has 10 heteroatoms. The minimum absolute atomic E-state index is 0.0326. The van der Waals surface area contributed by atoms with Crippen LogP contribution in [0, 0.1) is 0 Å². The molecule has 0 aliphatic rings. The van der Waals surface area contributed by atoms with E-state index in [1.54, 1.807) is 0 Å². The van der Waals surface area contributed by atoms with Crippen LogP contribution in [0.25, 0.3) is 0 Å². The van der Waals surface area contributed by atoms with Crippen LogP contribution >= 0.6 is 7.82 Å². The Morgan fingerprint density at radius 1 is 0.545 bits per heavy atom. The molecule has 0 aromatic heterocycles. The van der Waals surface area contributed by atoms with Crippen molar-refractivity contribution in [2.24, 2.45) is 0 Å². The summed E-state index contributed by atoms with van der Waals surface area (Å²) in [5.74, 6) is -0.548. The van der Waals surface area contributed by atoms with E-state index in [1.807, 2.05) is 33.3 Å². The third-order valence-corrected chi connectivity index (χ3v) is 12.7. The Kier molecular flexibility index (Phi) is 44.8. The highest BCUT2D eigenvalue weighted by molar-refractivity contribution is 7.47. The number of quaternary nitrogens is 1. The average Bonchev–Trinajstić information content (AvgIpc) is 3.27. The number of esters is 1. The monoisotopic (exact) mass is 948 g/mol. The van der Waals surface area contributed by atoms with Crippen molar-refractivity contribution in [3.05, 3.63) is 60.8 Å². The standard InChI is InChI=1S/C56H103N2O7P/c1-7-10-13-16-19-22-25-28-31-33-36-39-42-45-48-55(59)57-53(52-64-66(61,62)63-51-50-58(4,5)6)54(47-44-41-38-35-32-29-26-23-20-17-14-11-8-2)65-56(60)49-46-43-40-37-34-30-27-24-21-18-15-12-9-3/h12,15,18,21,24,27,31,33,44,47,53-54H,7-11,13-14,16-17,19-20,22-23,25-26,28-30,32,34-43,45-46,48-52H2,1-6H3,(H-,57,59,61,62)/p+1/b15-12+,21-18+,27-24-,33-31-,47-44+. The largest absolute Gasteiger partial charge is 0.472 e. The smallest absolute Gasteiger partial charge is 0.456 e. The van der Waals surface area contributed by atoms with Crippen LogP contribution < -0.4 is 5.32 Å². The number of ether oxygens (including phenoxy) is 1. The van der Waals surface area contributed by atoms with Crippen LogP contribution in [0.15, 0.2) is 60.8 Å². The molecule has 66 heavy (non-hydrogen) atoms. The lowest BCUT2D eigenvalue weighted by Gasteiger charge is -2.27. The molecule has 0 bridgehead atoms. The van der Waals surface area contributed by atoms with E-state index < -0.39 is 20.0 Å². The maximum absolute atomic E-state index is 13.4. The van der Waals surface area contributed by atoms with Gasteiger partial charge in [-0.15, -0.1) is 0 Å². The quantitative estimate of drug-likeness (QED) is 0.0156. The highest BCUT2D eigenvalue weighted by atomic mass is 31.2. The molecule has 384 valence electrons. The molecule has 0 spiro atoms. The predicted molar refractivity (Wildman–Crippen MR) is 282 cm³/mol. The molecule has 0 aliphatic carbocycles. The SMILES string of the molecule is CC/C=C/C=C/C=C\CCCCCCCC(=O)OC(/C=C/CCCCCCCCCCCCC)C(COP(=O)(O)OCC[N+](C)(C)C)NC(=O)CCCCC/C=C\CCCCCCCCC. The van der Waals surface area contributed by atoms with Gasteiger partial charge < -0.3 is 19.4 Å². The van der Waals surface area contributed by atoms with Crippen LogP contribution in [-0.4, -0.2) is 74.3 Å². The number of carbonyl (C=O) groups is 2. The summed E-state index contributed by atoms with van der Waals surface area (Å²) >= 11 is 0. The first kappa shape index (κ1) is 63.7. The normalized spacial score (nSPS) is 14.3. The molecule has 0 fully saturated rings. The summed E-state index contributed by atoms with van der Waals surface area (Å²) in [4.78, 5) is 37.5. The van der Waals surface area contributed by atoms with Crippen molar-refractivity contribution in [1.82, 2.24) is 5.32 Å². The number of nitrogens with one attached hydrogen (secondary N) is 1. The average molecular weight is 948 g/mol. The maximum Gasteiger partial charge on any atom is 0.472 e. The molecule has 2 N–H and O–H groups in total. The van der Waals surface area contributed by atoms with Gasteiger partial charge in [0.2, 0.25) is 5.91 Å². The zero-order chi connectivity index (χ0) is 48.7. The van der Waals surface area contributed by atoms with Crippen LogP contribution in [0.4, 0.5) is 0 Å². The van der Waals surface area contributed by atoms with Crippen molar-refractivity contribution in [1.29, 1.82) is 0 Å². The first-order chi connectivity index (χ1) is 31.9.